The number of anilines is 2. The molecule has 8 heteroatoms. The van der Waals surface area contributed by atoms with Crippen molar-refractivity contribution in [2.45, 2.75) is 32.0 Å². The largest absolute Gasteiger partial charge is 0.573 e. The van der Waals surface area contributed by atoms with Crippen LogP contribution in [0.3, 0.4) is 0 Å². The Morgan fingerprint density at radius 1 is 1.16 bits per heavy atom. The van der Waals surface area contributed by atoms with Crippen molar-refractivity contribution >= 4 is 17.3 Å². The third kappa shape index (κ3) is 4.96. The quantitative estimate of drug-likeness (QED) is 0.484. The summed E-state index contributed by atoms with van der Waals surface area (Å²) in [6.07, 6.45) is -1.06. The number of hydrogen-bond donors (Lipinski definition) is 2. The molecule has 160 valence electrons. The van der Waals surface area contributed by atoms with Gasteiger partial charge in [0.25, 0.3) is 0 Å². The molecule has 1 aromatic heterocycles. The number of ether oxygens (including phenoxy) is 1. The second-order valence-electron chi connectivity index (χ2n) is 7.47. The molecule has 0 spiro atoms. The summed E-state index contributed by atoms with van der Waals surface area (Å²) in [5.74, 6) is -0.888. The molecule has 1 aliphatic carbocycles. The number of aromatic nitrogens is 1. The van der Waals surface area contributed by atoms with E-state index in [9.17, 15) is 23.1 Å². The van der Waals surface area contributed by atoms with E-state index in [1.807, 2.05) is 12.1 Å². The monoisotopic (exact) mass is 428 g/mol. The lowest BCUT2D eigenvalue weighted by atomic mass is 10.0. The Kier molecular flexibility index (Phi) is 5.31. The lowest BCUT2D eigenvalue weighted by Crippen LogP contribution is -2.17. The van der Waals surface area contributed by atoms with E-state index < -0.39 is 12.3 Å². The first kappa shape index (κ1) is 20.7. The number of benzene rings is 2. The molecule has 0 aliphatic heterocycles. The molecule has 3 aromatic rings. The molecule has 1 fully saturated rings. The van der Waals surface area contributed by atoms with Crippen molar-refractivity contribution in [2.24, 2.45) is 0 Å². The number of nitrogens with one attached hydrogen (secondary N) is 1. The van der Waals surface area contributed by atoms with Crippen molar-refractivity contribution in [3.05, 3.63) is 71.4 Å². The second-order valence-corrected chi connectivity index (χ2v) is 7.47. The maximum absolute atomic E-state index is 12.5. The molecule has 2 aromatic carbocycles. The van der Waals surface area contributed by atoms with E-state index in [-0.39, 0.29) is 11.3 Å². The zero-order valence-corrected chi connectivity index (χ0v) is 16.5. The highest BCUT2D eigenvalue weighted by Gasteiger charge is 2.31. The number of aryl methyl sites for hydroxylation is 1. The normalized spacial score (nSPS) is 13.7. The van der Waals surface area contributed by atoms with Crippen LogP contribution in [0.1, 0.15) is 40.2 Å². The number of hydrogen-bond acceptors (Lipinski definition) is 4. The lowest BCUT2D eigenvalue weighted by molar-refractivity contribution is -0.274. The van der Waals surface area contributed by atoms with Gasteiger partial charge in [0.15, 0.2) is 0 Å². The Hall–Kier alpha value is -3.55. The van der Waals surface area contributed by atoms with Crippen molar-refractivity contribution < 1.29 is 27.8 Å². The lowest BCUT2D eigenvalue weighted by Gasteiger charge is -2.14. The Labute approximate surface area is 176 Å². The predicted octanol–water partition coefficient (Wildman–Crippen LogP) is 6.27. The molecule has 4 rings (SSSR count). The van der Waals surface area contributed by atoms with Crippen LogP contribution in [0.2, 0.25) is 0 Å². The summed E-state index contributed by atoms with van der Waals surface area (Å²) in [6, 6.07) is 12.7. The van der Waals surface area contributed by atoms with Crippen LogP contribution in [0.15, 0.2) is 54.7 Å². The Morgan fingerprint density at radius 2 is 1.94 bits per heavy atom. The minimum absolute atomic E-state index is 0.156. The minimum atomic E-state index is -4.77. The van der Waals surface area contributed by atoms with Crippen molar-refractivity contribution in [1.29, 1.82) is 0 Å². The van der Waals surface area contributed by atoms with Gasteiger partial charge in [-0.3, -0.25) is 4.98 Å². The third-order valence-electron chi connectivity index (χ3n) is 5.02. The maximum Gasteiger partial charge on any atom is 0.573 e. The van der Waals surface area contributed by atoms with E-state index in [0.29, 0.717) is 34.1 Å². The molecule has 0 unspecified atom stereocenters. The molecule has 1 aliphatic rings. The molecular formula is C23H19F3N2O3. The number of halogens is 3. The summed E-state index contributed by atoms with van der Waals surface area (Å²) in [5.41, 5.74) is 4.00. The standard InChI is InChI=1S/C23H19F3N2O3/c1-13-9-17(28-20-11-15(14-5-6-14)7-8-19(20)22(29)30)12-27-21(13)16-3-2-4-18(10-16)31-23(24,25)26/h2-4,7-12,14,28H,5-6H2,1H3,(H,29,30). The van der Waals surface area contributed by atoms with E-state index in [4.69, 9.17) is 0 Å². The minimum Gasteiger partial charge on any atom is -0.478 e. The molecule has 0 amide bonds. The Bertz CT molecular complexity index is 1140. The van der Waals surface area contributed by atoms with E-state index in [1.165, 1.54) is 24.4 Å². The van der Waals surface area contributed by atoms with E-state index in [2.05, 4.69) is 15.0 Å². The number of carboxylic acid groups (broad SMARTS) is 1. The highest BCUT2D eigenvalue weighted by molar-refractivity contribution is 5.95. The van der Waals surface area contributed by atoms with Crippen LogP contribution in [-0.2, 0) is 0 Å². The molecular weight excluding hydrogens is 409 g/mol. The number of rotatable bonds is 6. The summed E-state index contributed by atoms with van der Waals surface area (Å²) in [5, 5.41) is 12.6. The summed E-state index contributed by atoms with van der Waals surface area (Å²) < 4.78 is 41.5. The number of carbonyl (C=O) groups is 1. The van der Waals surface area contributed by atoms with Gasteiger partial charge in [0.2, 0.25) is 0 Å². The third-order valence-corrected chi connectivity index (χ3v) is 5.02. The number of aromatic carboxylic acids is 1. The SMILES string of the molecule is Cc1cc(Nc2cc(C3CC3)ccc2C(=O)O)cnc1-c1cccc(OC(F)(F)F)c1. The van der Waals surface area contributed by atoms with Gasteiger partial charge in [-0.15, -0.1) is 13.2 Å². The smallest absolute Gasteiger partial charge is 0.478 e. The van der Waals surface area contributed by atoms with Gasteiger partial charge in [-0.05, 0) is 67.1 Å². The average molecular weight is 428 g/mol. The van der Waals surface area contributed by atoms with Gasteiger partial charge in [0.1, 0.15) is 5.75 Å². The summed E-state index contributed by atoms with van der Waals surface area (Å²) in [7, 11) is 0. The van der Waals surface area contributed by atoms with Crippen LogP contribution in [0, 0.1) is 6.92 Å². The highest BCUT2D eigenvalue weighted by atomic mass is 19.4. The molecule has 0 radical (unpaired) electrons. The first-order chi connectivity index (χ1) is 14.7. The van der Waals surface area contributed by atoms with Crippen molar-refractivity contribution in [1.82, 2.24) is 4.98 Å². The van der Waals surface area contributed by atoms with Gasteiger partial charge in [0.05, 0.1) is 28.8 Å². The fourth-order valence-corrected chi connectivity index (χ4v) is 3.46. The molecule has 1 saturated carbocycles. The first-order valence-electron chi connectivity index (χ1n) is 9.67. The molecule has 31 heavy (non-hydrogen) atoms. The number of nitrogens with zero attached hydrogens (tertiary/aromatic N) is 1. The number of alkyl halides is 3. The molecule has 0 atom stereocenters. The van der Waals surface area contributed by atoms with Crippen molar-refractivity contribution in [3.8, 4) is 17.0 Å². The van der Waals surface area contributed by atoms with E-state index >= 15 is 0 Å². The van der Waals surface area contributed by atoms with Crippen LogP contribution in [0.4, 0.5) is 24.5 Å². The predicted molar refractivity (Wildman–Crippen MR) is 110 cm³/mol. The zero-order valence-electron chi connectivity index (χ0n) is 16.5. The first-order valence-corrected chi connectivity index (χ1v) is 9.67. The number of pyridine rings is 1. The summed E-state index contributed by atoms with van der Waals surface area (Å²) in [4.78, 5) is 16.0. The highest BCUT2D eigenvalue weighted by Crippen LogP contribution is 2.41. The molecule has 0 saturated heterocycles. The Balaban J connectivity index is 1.61. The van der Waals surface area contributed by atoms with Crippen LogP contribution in [-0.4, -0.2) is 22.4 Å². The molecule has 2 N–H and O–H groups in total. The van der Waals surface area contributed by atoms with Crippen LogP contribution < -0.4 is 10.1 Å². The van der Waals surface area contributed by atoms with Crippen molar-refractivity contribution in [3.63, 3.8) is 0 Å². The van der Waals surface area contributed by atoms with Gasteiger partial charge in [-0.25, -0.2) is 4.79 Å². The van der Waals surface area contributed by atoms with Crippen LogP contribution >= 0.6 is 0 Å². The van der Waals surface area contributed by atoms with E-state index in [1.54, 1.807) is 25.1 Å². The molecule has 0 bridgehead atoms. The summed E-state index contributed by atoms with van der Waals surface area (Å²) >= 11 is 0. The maximum atomic E-state index is 12.5. The second kappa shape index (κ2) is 7.94. The van der Waals surface area contributed by atoms with Crippen LogP contribution in [0.25, 0.3) is 11.3 Å². The Morgan fingerprint density at radius 3 is 2.58 bits per heavy atom. The summed E-state index contributed by atoms with van der Waals surface area (Å²) in [6.45, 7) is 1.78. The van der Waals surface area contributed by atoms with Gasteiger partial charge in [0, 0.05) is 5.56 Å². The van der Waals surface area contributed by atoms with Gasteiger partial charge < -0.3 is 15.2 Å². The zero-order chi connectivity index (χ0) is 22.2. The fourth-order valence-electron chi connectivity index (χ4n) is 3.46. The molecule has 1 heterocycles. The van der Waals surface area contributed by atoms with Gasteiger partial charge in [-0.2, -0.15) is 0 Å². The van der Waals surface area contributed by atoms with Crippen LogP contribution in [0.5, 0.6) is 5.75 Å². The number of carboxylic acids is 1. The molecule has 5 nitrogen and oxygen atoms in total. The average Bonchev–Trinajstić information content (AvgIpc) is 3.52. The van der Waals surface area contributed by atoms with Gasteiger partial charge >= 0.3 is 12.3 Å². The topological polar surface area (TPSA) is 71.5 Å². The fraction of sp³-hybridized carbons (Fsp3) is 0.217. The van der Waals surface area contributed by atoms with Gasteiger partial charge in [-0.1, -0.05) is 18.2 Å². The van der Waals surface area contributed by atoms with E-state index in [0.717, 1.165) is 18.4 Å². The van der Waals surface area contributed by atoms with Crippen molar-refractivity contribution in [2.75, 3.05) is 5.32 Å².